The van der Waals surface area contributed by atoms with Crippen molar-refractivity contribution in [1.29, 1.82) is 0 Å². The highest BCUT2D eigenvalue weighted by molar-refractivity contribution is 6.61. The first-order valence-electron chi connectivity index (χ1n) is 5.09. The molecule has 0 fully saturated rings. The Morgan fingerprint density at radius 1 is 1.11 bits per heavy atom. The maximum Gasteiger partial charge on any atom is 0.496 e. The Morgan fingerprint density at radius 2 is 1.56 bits per heavy atom. The molecule has 1 rings (SSSR count). The monoisotopic (exact) mass is 254 g/mol. The van der Waals surface area contributed by atoms with Crippen molar-refractivity contribution in [2.24, 2.45) is 0 Å². The van der Waals surface area contributed by atoms with Gasteiger partial charge in [-0.3, -0.25) is 20.2 Å². The van der Waals surface area contributed by atoms with Crippen molar-refractivity contribution in [3.63, 3.8) is 0 Å². The second kappa shape index (κ2) is 5.11. The van der Waals surface area contributed by atoms with Crippen molar-refractivity contribution in [3.8, 4) is 0 Å². The summed E-state index contributed by atoms with van der Waals surface area (Å²) in [5, 5.41) is 40.1. The molecule has 18 heavy (non-hydrogen) atoms. The Labute approximate surface area is 102 Å². The molecule has 1 aromatic rings. The highest BCUT2D eigenvalue weighted by atomic mass is 16.6. The molecule has 2 N–H and O–H groups in total. The van der Waals surface area contributed by atoms with Crippen molar-refractivity contribution in [3.05, 3.63) is 37.9 Å². The number of benzene rings is 1. The highest BCUT2D eigenvalue weighted by Crippen LogP contribution is 2.28. The molecule has 0 aliphatic rings. The Bertz CT molecular complexity index is 457. The summed E-state index contributed by atoms with van der Waals surface area (Å²) in [5.41, 5.74) is -1.37. The second-order valence-electron chi connectivity index (χ2n) is 3.97. The van der Waals surface area contributed by atoms with E-state index in [4.69, 9.17) is 0 Å². The molecule has 0 heterocycles. The lowest BCUT2D eigenvalue weighted by atomic mass is 9.72. The maximum absolute atomic E-state index is 10.9. The molecule has 9 heteroatoms. The third kappa shape index (κ3) is 2.46. The average molecular weight is 254 g/mol. The minimum atomic E-state index is -2.14. The fourth-order valence-corrected chi connectivity index (χ4v) is 1.81. The van der Waals surface area contributed by atoms with E-state index in [2.05, 4.69) is 0 Å². The lowest BCUT2D eigenvalue weighted by Gasteiger charge is -2.12. The van der Waals surface area contributed by atoms with Gasteiger partial charge in [-0.2, -0.15) is 0 Å². The zero-order valence-electron chi connectivity index (χ0n) is 9.73. The molecule has 0 spiro atoms. The molecular formula is C9H11BN2O6. The van der Waals surface area contributed by atoms with E-state index in [1.165, 1.54) is 0 Å². The fourth-order valence-electron chi connectivity index (χ4n) is 1.81. The van der Waals surface area contributed by atoms with Gasteiger partial charge in [-0.25, -0.2) is 0 Å². The summed E-state index contributed by atoms with van der Waals surface area (Å²) in [5.74, 6) is -0.456. The van der Waals surface area contributed by atoms with Crippen molar-refractivity contribution in [1.82, 2.24) is 0 Å². The Morgan fingerprint density at radius 3 is 1.89 bits per heavy atom. The minimum Gasteiger partial charge on any atom is -0.423 e. The predicted octanol–water partition coefficient (Wildman–Crippen LogP) is 0.306. The van der Waals surface area contributed by atoms with Crippen LogP contribution < -0.4 is 5.46 Å². The van der Waals surface area contributed by atoms with Gasteiger partial charge in [0.1, 0.15) is 0 Å². The van der Waals surface area contributed by atoms with Gasteiger partial charge in [0.05, 0.1) is 15.3 Å². The van der Waals surface area contributed by atoms with Gasteiger partial charge in [-0.05, 0) is 5.92 Å². The molecule has 0 atom stereocenters. The summed E-state index contributed by atoms with van der Waals surface area (Å²) in [6.07, 6.45) is 0. The Hall–Kier alpha value is -2.00. The van der Waals surface area contributed by atoms with Crippen LogP contribution in [-0.4, -0.2) is 27.0 Å². The molecule has 1 aromatic carbocycles. The van der Waals surface area contributed by atoms with E-state index in [9.17, 15) is 30.3 Å². The van der Waals surface area contributed by atoms with Gasteiger partial charge in [-0.15, -0.1) is 0 Å². The van der Waals surface area contributed by atoms with Crippen LogP contribution in [0.4, 0.5) is 11.4 Å². The minimum absolute atomic E-state index is 0.0378. The Balaban J connectivity index is 3.71. The SMILES string of the molecule is CC(C)c1c([N+](=O)[O-])ccc([N+](=O)[O-])c1B(O)O. The number of nitrogens with zero attached hydrogens (tertiary/aromatic N) is 2. The summed E-state index contributed by atoms with van der Waals surface area (Å²) in [4.78, 5) is 20.1. The molecule has 0 bridgehead atoms. The lowest BCUT2D eigenvalue weighted by molar-refractivity contribution is -0.389. The van der Waals surface area contributed by atoms with Crippen LogP contribution in [0.1, 0.15) is 25.3 Å². The molecule has 0 radical (unpaired) electrons. The van der Waals surface area contributed by atoms with Crippen molar-refractivity contribution < 1.29 is 19.9 Å². The first-order valence-corrected chi connectivity index (χ1v) is 5.09. The molecule has 0 aliphatic heterocycles. The number of nitro groups is 2. The van der Waals surface area contributed by atoms with Crippen LogP contribution in [0.25, 0.3) is 0 Å². The molecule has 96 valence electrons. The van der Waals surface area contributed by atoms with E-state index < -0.39 is 34.0 Å². The van der Waals surface area contributed by atoms with Crippen LogP contribution in [0.5, 0.6) is 0 Å². The number of hydrogen-bond donors (Lipinski definition) is 2. The molecule has 0 aliphatic carbocycles. The summed E-state index contributed by atoms with van der Waals surface area (Å²) in [7, 11) is -2.14. The third-order valence-electron chi connectivity index (χ3n) is 2.47. The molecule has 0 saturated heterocycles. The van der Waals surface area contributed by atoms with Gasteiger partial charge >= 0.3 is 7.12 Å². The van der Waals surface area contributed by atoms with Gasteiger partial charge in [0.15, 0.2) is 0 Å². The van der Waals surface area contributed by atoms with Crippen molar-refractivity contribution in [2.75, 3.05) is 0 Å². The van der Waals surface area contributed by atoms with Gasteiger partial charge in [0.2, 0.25) is 0 Å². The van der Waals surface area contributed by atoms with E-state index in [0.717, 1.165) is 12.1 Å². The van der Waals surface area contributed by atoms with Gasteiger partial charge in [0, 0.05) is 17.7 Å². The first kappa shape index (κ1) is 14.1. The third-order valence-corrected chi connectivity index (χ3v) is 2.47. The normalized spacial score (nSPS) is 10.5. The van der Waals surface area contributed by atoms with Gasteiger partial charge in [0.25, 0.3) is 11.4 Å². The standard InChI is InChI=1S/C9H11BN2O6/c1-5(2)8-6(11(15)16)3-4-7(12(17)18)9(8)10(13)14/h3-5,13-14H,1-2H3. The Kier molecular flexibility index (Phi) is 3.99. The zero-order valence-corrected chi connectivity index (χ0v) is 9.73. The summed E-state index contributed by atoms with van der Waals surface area (Å²) < 4.78 is 0. The predicted molar refractivity (Wildman–Crippen MR) is 63.7 cm³/mol. The van der Waals surface area contributed by atoms with Crippen LogP contribution in [0, 0.1) is 20.2 Å². The highest BCUT2D eigenvalue weighted by Gasteiger charge is 2.34. The molecule has 0 amide bonds. The lowest BCUT2D eigenvalue weighted by Crippen LogP contribution is -2.36. The van der Waals surface area contributed by atoms with Crippen LogP contribution >= 0.6 is 0 Å². The molecule has 8 nitrogen and oxygen atoms in total. The van der Waals surface area contributed by atoms with Gasteiger partial charge < -0.3 is 10.0 Å². The van der Waals surface area contributed by atoms with Crippen LogP contribution in [0.15, 0.2) is 12.1 Å². The first-order chi connectivity index (χ1) is 8.27. The number of hydrogen-bond acceptors (Lipinski definition) is 6. The topological polar surface area (TPSA) is 127 Å². The fraction of sp³-hybridized carbons (Fsp3) is 0.333. The maximum atomic E-state index is 10.9. The van der Waals surface area contributed by atoms with Gasteiger partial charge in [-0.1, -0.05) is 13.8 Å². The quantitative estimate of drug-likeness (QED) is 0.452. The summed E-state index contributed by atoms with van der Waals surface area (Å²) in [6, 6.07) is 1.90. The van der Waals surface area contributed by atoms with E-state index in [1.807, 2.05) is 0 Å². The summed E-state index contributed by atoms with van der Waals surface area (Å²) >= 11 is 0. The number of nitro benzene ring substituents is 2. The van der Waals surface area contributed by atoms with E-state index >= 15 is 0 Å². The molecule has 0 aromatic heterocycles. The zero-order chi connectivity index (χ0) is 14.0. The van der Waals surface area contributed by atoms with Crippen molar-refractivity contribution in [2.45, 2.75) is 19.8 Å². The van der Waals surface area contributed by atoms with Crippen LogP contribution in [-0.2, 0) is 0 Å². The van der Waals surface area contributed by atoms with Crippen LogP contribution in [0.2, 0.25) is 0 Å². The second-order valence-corrected chi connectivity index (χ2v) is 3.97. The smallest absolute Gasteiger partial charge is 0.423 e. The summed E-state index contributed by atoms with van der Waals surface area (Å²) in [6.45, 7) is 3.16. The molecular weight excluding hydrogens is 243 g/mol. The molecule has 0 unspecified atom stereocenters. The van der Waals surface area contributed by atoms with E-state index in [-0.39, 0.29) is 11.3 Å². The largest absolute Gasteiger partial charge is 0.496 e. The number of rotatable bonds is 4. The van der Waals surface area contributed by atoms with E-state index in [0.29, 0.717) is 0 Å². The van der Waals surface area contributed by atoms with E-state index in [1.54, 1.807) is 13.8 Å². The molecule has 0 saturated carbocycles. The average Bonchev–Trinajstić information content (AvgIpc) is 2.26. The van der Waals surface area contributed by atoms with Crippen LogP contribution in [0.3, 0.4) is 0 Å². The van der Waals surface area contributed by atoms with Crippen molar-refractivity contribution >= 4 is 24.0 Å².